The minimum atomic E-state index is -0.339. The van der Waals surface area contributed by atoms with Gasteiger partial charge < -0.3 is 0 Å². The summed E-state index contributed by atoms with van der Waals surface area (Å²) in [5.74, 6) is -0.679. The maximum atomic E-state index is 11.9. The smallest absolute Gasteiger partial charge is 0.258 e. The van der Waals surface area contributed by atoms with Gasteiger partial charge in [-0.05, 0) is 24.3 Å². The van der Waals surface area contributed by atoms with E-state index >= 15 is 0 Å². The molecule has 0 atom stereocenters. The number of anilines is 1. The van der Waals surface area contributed by atoms with E-state index in [9.17, 15) is 9.59 Å². The average molecular weight is 275 g/mol. The van der Waals surface area contributed by atoms with Gasteiger partial charge in [0, 0.05) is 35.3 Å². The minimum Gasteiger partial charge on any atom is -0.269 e. The van der Waals surface area contributed by atoms with Crippen LogP contribution in [0.15, 0.2) is 54.9 Å². The fourth-order valence-electron chi connectivity index (χ4n) is 2.58. The quantitative estimate of drug-likeness (QED) is 0.504. The Labute approximate surface area is 119 Å². The molecule has 5 nitrogen and oxygen atoms in total. The summed E-state index contributed by atoms with van der Waals surface area (Å²) in [6, 6.07) is 9.12. The van der Waals surface area contributed by atoms with E-state index in [4.69, 9.17) is 0 Å². The number of amides is 2. The number of fused-ring (bicyclic) bond motifs is 3. The molecule has 0 saturated heterocycles. The van der Waals surface area contributed by atoms with E-state index in [0.29, 0.717) is 11.2 Å². The van der Waals surface area contributed by atoms with Crippen molar-refractivity contribution in [2.75, 3.05) is 4.90 Å². The van der Waals surface area contributed by atoms with Crippen molar-refractivity contribution in [3.63, 3.8) is 0 Å². The molecule has 0 fully saturated rings. The zero-order valence-corrected chi connectivity index (χ0v) is 10.9. The lowest BCUT2D eigenvalue weighted by Crippen LogP contribution is -2.29. The molecule has 100 valence electrons. The van der Waals surface area contributed by atoms with E-state index in [1.807, 2.05) is 18.2 Å². The summed E-state index contributed by atoms with van der Waals surface area (Å²) in [6.45, 7) is 0. The summed E-state index contributed by atoms with van der Waals surface area (Å²) in [5.41, 5.74) is 1.97. The van der Waals surface area contributed by atoms with E-state index < -0.39 is 0 Å². The van der Waals surface area contributed by atoms with Crippen molar-refractivity contribution in [3.05, 3.63) is 54.9 Å². The van der Waals surface area contributed by atoms with E-state index in [0.717, 1.165) is 21.2 Å². The van der Waals surface area contributed by atoms with Crippen molar-refractivity contribution in [1.82, 2.24) is 9.97 Å². The first-order valence-electron chi connectivity index (χ1n) is 6.44. The summed E-state index contributed by atoms with van der Waals surface area (Å²) in [4.78, 5) is 33.8. The summed E-state index contributed by atoms with van der Waals surface area (Å²) in [7, 11) is 0. The third-order valence-electron chi connectivity index (χ3n) is 3.49. The van der Waals surface area contributed by atoms with Gasteiger partial charge in [0.2, 0.25) is 0 Å². The summed E-state index contributed by atoms with van der Waals surface area (Å²) >= 11 is 0. The highest BCUT2D eigenvalue weighted by Crippen LogP contribution is 2.33. The maximum absolute atomic E-state index is 11.9. The molecule has 0 N–H and O–H groups in total. The molecule has 2 amide bonds. The van der Waals surface area contributed by atoms with Gasteiger partial charge in [-0.2, -0.15) is 0 Å². The second kappa shape index (κ2) is 4.21. The zero-order valence-electron chi connectivity index (χ0n) is 10.9. The average Bonchev–Trinajstić information content (AvgIpc) is 2.85. The van der Waals surface area contributed by atoms with Crippen LogP contribution >= 0.6 is 0 Å². The lowest BCUT2D eigenvalue weighted by molar-refractivity contribution is -0.119. The molecule has 3 heterocycles. The van der Waals surface area contributed by atoms with Crippen LogP contribution in [0.2, 0.25) is 0 Å². The molecule has 0 saturated carbocycles. The van der Waals surface area contributed by atoms with Crippen LogP contribution in [-0.4, -0.2) is 21.8 Å². The molecule has 3 aromatic rings. The largest absolute Gasteiger partial charge is 0.269 e. The van der Waals surface area contributed by atoms with E-state index in [1.54, 1.807) is 24.5 Å². The maximum Gasteiger partial charge on any atom is 0.258 e. The number of rotatable bonds is 1. The topological polar surface area (TPSA) is 63.2 Å². The van der Waals surface area contributed by atoms with Crippen molar-refractivity contribution < 1.29 is 9.59 Å². The Balaban J connectivity index is 2.12. The number of benzene rings is 1. The third-order valence-corrected chi connectivity index (χ3v) is 3.49. The van der Waals surface area contributed by atoms with Crippen molar-refractivity contribution in [1.29, 1.82) is 0 Å². The lowest BCUT2D eigenvalue weighted by atomic mass is 10.1. The lowest BCUT2D eigenvalue weighted by Gasteiger charge is -2.17. The minimum absolute atomic E-state index is 0.339. The number of nitrogens with zero attached hydrogens (tertiary/aromatic N) is 3. The van der Waals surface area contributed by atoms with Gasteiger partial charge in [-0.3, -0.25) is 19.6 Å². The van der Waals surface area contributed by atoms with Crippen LogP contribution in [0.3, 0.4) is 0 Å². The molecule has 0 bridgehead atoms. The molecule has 2 aromatic heterocycles. The molecule has 0 spiro atoms. The van der Waals surface area contributed by atoms with Gasteiger partial charge in [0.05, 0.1) is 16.7 Å². The molecule has 0 aliphatic carbocycles. The standard InChI is InChI=1S/C16H9N3O2/c20-13-5-6-14(21)19(13)12-9-10-3-1-7-17-15(10)16-11(12)4-2-8-18-16/h1-9H. The molecule has 5 heteroatoms. The number of hydrogen-bond donors (Lipinski definition) is 0. The predicted octanol–water partition coefficient (Wildman–Crippen LogP) is 2.21. The van der Waals surface area contributed by atoms with Gasteiger partial charge in [-0.25, -0.2) is 4.90 Å². The fraction of sp³-hybridized carbons (Fsp3) is 0. The highest BCUT2D eigenvalue weighted by molar-refractivity contribution is 6.31. The Bertz CT molecular complexity index is 929. The monoisotopic (exact) mass is 275 g/mol. The number of carbonyl (C=O) groups is 2. The predicted molar refractivity (Wildman–Crippen MR) is 78.7 cm³/mol. The molecule has 1 aliphatic heterocycles. The number of carbonyl (C=O) groups excluding carboxylic acids is 2. The fourth-order valence-corrected chi connectivity index (χ4v) is 2.58. The van der Waals surface area contributed by atoms with Gasteiger partial charge in [0.25, 0.3) is 11.8 Å². The van der Waals surface area contributed by atoms with Crippen LogP contribution in [0.1, 0.15) is 0 Å². The molecule has 1 aliphatic rings. The van der Waals surface area contributed by atoms with E-state index in [1.165, 1.54) is 12.2 Å². The van der Waals surface area contributed by atoms with Crippen LogP contribution in [0.25, 0.3) is 21.8 Å². The Morgan fingerprint density at radius 3 is 2.29 bits per heavy atom. The van der Waals surface area contributed by atoms with Gasteiger partial charge in [0.1, 0.15) is 0 Å². The number of imide groups is 1. The number of aromatic nitrogens is 2. The second-order valence-corrected chi connectivity index (χ2v) is 4.72. The summed E-state index contributed by atoms with van der Waals surface area (Å²) in [5, 5.41) is 1.57. The van der Waals surface area contributed by atoms with Crippen molar-refractivity contribution in [3.8, 4) is 0 Å². The van der Waals surface area contributed by atoms with Crippen molar-refractivity contribution in [2.24, 2.45) is 0 Å². The normalized spacial score (nSPS) is 14.6. The molecule has 4 rings (SSSR count). The molecule has 21 heavy (non-hydrogen) atoms. The van der Waals surface area contributed by atoms with Crippen LogP contribution in [0, 0.1) is 0 Å². The van der Waals surface area contributed by atoms with Crippen molar-refractivity contribution in [2.45, 2.75) is 0 Å². The molecular weight excluding hydrogens is 266 g/mol. The van der Waals surface area contributed by atoms with Crippen LogP contribution < -0.4 is 4.90 Å². The van der Waals surface area contributed by atoms with Crippen LogP contribution in [0.4, 0.5) is 5.69 Å². The summed E-state index contributed by atoms with van der Waals surface area (Å²) in [6.07, 6.45) is 5.92. The van der Waals surface area contributed by atoms with Crippen LogP contribution in [0.5, 0.6) is 0 Å². The molecule has 0 radical (unpaired) electrons. The van der Waals surface area contributed by atoms with Gasteiger partial charge in [-0.15, -0.1) is 0 Å². The second-order valence-electron chi connectivity index (χ2n) is 4.72. The first-order valence-corrected chi connectivity index (χ1v) is 6.44. The van der Waals surface area contributed by atoms with Gasteiger partial charge in [0.15, 0.2) is 0 Å². The van der Waals surface area contributed by atoms with E-state index in [2.05, 4.69) is 9.97 Å². The first kappa shape index (κ1) is 11.7. The number of hydrogen-bond acceptors (Lipinski definition) is 4. The van der Waals surface area contributed by atoms with Crippen LogP contribution in [-0.2, 0) is 9.59 Å². The Kier molecular flexibility index (Phi) is 2.35. The third kappa shape index (κ3) is 1.64. The zero-order chi connectivity index (χ0) is 14.4. The molecule has 1 aromatic carbocycles. The summed E-state index contributed by atoms with van der Waals surface area (Å²) < 4.78 is 0. The van der Waals surface area contributed by atoms with Gasteiger partial charge in [-0.1, -0.05) is 6.07 Å². The van der Waals surface area contributed by atoms with E-state index in [-0.39, 0.29) is 11.8 Å². The highest BCUT2D eigenvalue weighted by Gasteiger charge is 2.27. The molecular formula is C16H9N3O2. The Morgan fingerprint density at radius 1 is 0.857 bits per heavy atom. The molecule has 0 unspecified atom stereocenters. The Hall–Kier alpha value is -3.08. The van der Waals surface area contributed by atoms with Crippen molar-refractivity contribution >= 4 is 39.3 Å². The Morgan fingerprint density at radius 2 is 1.52 bits per heavy atom. The SMILES string of the molecule is O=C1C=CC(=O)N1c1cc2cccnc2c2ncccc12. The highest BCUT2D eigenvalue weighted by atomic mass is 16.2. The van der Waals surface area contributed by atoms with Gasteiger partial charge >= 0.3 is 0 Å². The number of pyridine rings is 2. The first-order chi connectivity index (χ1) is 10.3.